The van der Waals surface area contributed by atoms with Crippen LogP contribution < -0.4 is 20.6 Å². The Labute approximate surface area is 148 Å². The van der Waals surface area contributed by atoms with Gasteiger partial charge in [-0.25, -0.2) is 0 Å². The van der Waals surface area contributed by atoms with Crippen LogP contribution in [0.25, 0.3) is 0 Å². The van der Waals surface area contributed by atoms with E-state index >= 15 is 0 Å². The van der Waals surface area contributed by atoms with E-state index in [2.05, 4.69) is 22.8 Å². The molecule has 0 atom stereocenters. The molecule has 0 aliphatic rings. The Kier molecular flexibility index (Phi) is 7.77. The number of hydrazine groups is 1. The monoisotopic (exact) mass is 342 g/mol. The molecule has 5 heteroatoms. The van der Waals surface area contributed by atoms with Crippen LogP contribution in [0.2, 0.25) is 0 Å². The Balaban J connectivity index is 1.86. The summed E-state index contributed by atoms with van der Waals surface area (Å²) in [7, 11) is 0. The predicted octanol–water partition coefficient (Wildman–Crippen LogP) is 2.66. The van der Waals surface area contributed by atoms with E-state index in [0.29, 0.717) is 5.11 Å². The molecule has 0 fully saturated rings. The van der Waals surface area contributed by atoms with Crippen molar-refractivity contribution in [2.75, 3.05) is 11.9 Å². The molecule has 0 aromatic heterocycles. The molecule has 3 N–H and O–H groups in total. The summed E-state index contributed by atoms with van der Waals surface area (Å²) in [4.78, 5) is 0. The number of unbranched alkanes of at least 4 members (excludes halogenated alkanes) is 2. The lowest BCUT2D eigenvalue weighted by atomic mass is 10.2. The number of nitrogens with one attached hydrogen (secondary N) is 3. The number of hydrogen-bond donors (Lipinski definition) is 3. The lowest BCUT2D eigenvalue weighted by Gasteiger charge is -2.07. The number of ether oxygens (including phenoxy) is 1. The summed E-state index contributed by atoms with van der Waals surface area (Å²) in [6, 6.07) is 17.7. The van der Waals surface area contributed by atoms with Crippen molar-refractivity contribution in [3.05, 3.63) is 60.2 Å². The highest BCUT2D eigenvalue weighted by molar-refractivity contribution is 7.80. The molecule has 0 aliphatic heterocycles. The average Bonchev–Trinajstić information content (AvgIpc) is 2.61. The molecule has 4 nitrogen and oxygen atoms in total. The molecule has 0 aliphatic carbocycles. The fourth-order valence-corrected chi connectivity index (χ4v) is 2.31. The first-order valence-corrected chi connectivity index (χ1v) is 8.63. The van der Waals surface area contributed by atoms with Crippen molar-refractivity contribution in [3.63, 3.8) is 0 Å². The lowest BCUT2D eigenvalue weighted by Crippen LogP contribution is -2.82. The van der Waals surface area contributed by atoms with Crippen molar-refractivity contribution in [1.29, 1.82) is 0 Å². The standard InChI is InChI=1S/C19H23N3OS/c1-2-3-9-14-23-18-13-8-7-10-16(18)15-20-22-19(24)21-17-11-5-4-6-12-17/h4-8,10-13,15H,2-3,9,14H2,1H3,(H2,21,22,24)/p+1. The maximum Gasteiger partial charge on any atom is 0.228 e. The van der Waals surface area contributed by atoms with Crippen LogP contribution in [-0.4, -0.2) is 17.9 Å². The van der Waals surface area contributed by atoms with Gasteiger partial charge in [-0.2, -0.15) is 0 Å². The summed E-state index contributed by atoms with van der Waals surface area (Å²) in [6.45, 7) is 2.92. The van der Waals surface area contributed by atoms with Gasteiger partial charge in [-0.15, -0.1) is 10.5 Å². The van der Waals surface area contributed by atoms with Crippen molar-refractivity contribution < 1.29 is 9.84 Å². The topological polar surface area (TPSA) is 47.3 Å². The molecule has 126 valence electrons. The molecule has 0 radical (unpaired) electrons. The normalized spacial score (nSPS) is 10.5. The van der Waals surface area contributed by atoms with E-state index in [9.17, 15) is 0 Å². The predicted molar refractivity (Wildman–Crippen MR) is 103 cm³/mol. The molecule has 0 heterocycles. The van der Waals surface area contributed by atoms with E-state index in [4.69, 9.17) is 17.0 Å². The summed E-state index contributed by atoms with van der Waals surface area (Å²) in [5, 5.41) is 6.60. The molecule has 0 saturated heterocycles. The highest BCUT2D eigenvalue weighted by Crippen LogP contribution is 2.15. The smallest absolute Gasteiger partial charge is 0.228 e. The number of thiocarbonyl (C=S) groups is 1. The highest BCUT2D eigenvalue weighted by Gasteiger charge is 2.03. The molecule has 24 heavy (non-hydrogen) atoms. The van der Waals surface area contributed by atoms with Gasteiger partial charge >= 0.3 is 0 Å². The molecular formula is C19H24N3OS+. The summed E-state index contributed by atoms with van der Waals surface area (Å²) < 4.78 is 5.84. The van der Waals surface area contributed by atoms with Crippen LogP contribution in [0.4, 0.5) is 5.69 Å². The minimum absolute atomic E-state index is 0.499. The third kappa shape index (κ3) is 6.38. The van der Waals surface area contributed by atoms with Gasteiger partial charge in [0.05, 0.1) is 12.2 Å². The summed E-state index contributed by atoms with van der Waals surface area (Å²) in [5.41, 5.74) is 4.86. The van der Waals surface area contributed by atoms with Crippen LogP contribution >= 0.6 is 12.2 Å². The van der Waals surface area contributed by atoms with E-state index in [1.54, 1.807) is 0 Å². The van der Waals surface area contributed by atoms with Gasteiger partial charge in [0, 0.05) is 5.69 Å². The van der Waals surface area contributed by atoms with Gasteiger partial charge in [-0.3, -0.25) is 0 Å². The molecule has 0 amide bonds. The lowest BCUT2D eigenvalue weighted by molar-refractivity contribution is -0.499. The highest BCUT2D eigenvalue weighted by atomic mass is 32.1. The zero-order valence-corrected chi connectivity index (χ0v) is 14.7. The maximum absolute atomic E-state index is 5.84. The second-order valence-electron chi connectivity index (χ2n) is 5.33. The minimum Gasteiger partial charge on any atom is -0.493 e. The molecule has 2 aromatic rings. The van der Waals surface area contributed by atoms with Crippen molar-refractivity contribution in [1.82, 2.24) is 5.43 Å². The van der Waals surface area contributed by atoms with Crippen LogP contribution in [0.15, 0.2) is 54.6 Å². The Morgan fingerprint density at radius 2 is 1.83 bits per heavy atom. The SMILES string of the molecule is CCCCCOc1ccccc1C=[NH+]NC(=S)Nc1ccccc1. The van der Waals surface area contributed by atoms with Gasteiger partial charge in [0.25, 0.3) is 0 Å². The van der Waals surface area contributed by atoms with Crippen LogP contribution in [0.3, 0.4) is 0 Å². The second kappa shape index (κ2) is 10.4. The van der Waals surface area contributed by atoms with Gasteiger partial charge in [0.1, 0.15) is 5.75 Å². The van der Waals surface area contributed by atoms with Gasteiger partial charge in [-0.1, -0.05) is 50.1 Å². The van der Waals surface area contributed by atoms with E-state index in [-0.39, 0.29) is 0 Å². The largest absolute Gasteiger partial charge is 0.493 e. The number of hydrazone groups is 1. The first kappa shape index (κ1) is 17.9. The summed E-state index contributed by atoms with van der Waals surface area (Å²) in [5.74, 6) is 0.866. The maximum atomic E-state index is 5.84. The third-order valence-electron chi connectivity index (χ3n) is 3.37. The van der Waals surface area contributed by atoms with E-state index in [1.807, 2.05) is 60.8 Å². The fourth-order valence-electron chi connectivity index (χ4n) is 2.13. The van der Waals surface area contributed by atoms with E-state index in [1.165, 1.54) is 12.8 Å². The number of hydrogen-bond acceptors (Lipinski definition) is 2. The quantitative estimate of drug-likeness (QED) is 0.299. The van der Waals surface area contributed by atoms with Crippen LogP contribution in [-0.2, 0) is 0 Å². The molecule has 0 spiro atoms. The van der Waals surface area contributed by atoms with Gasteiger partial charge < -0.3 is 10.1 Å². The number of para-hydroxylation sites is 2. The van der Waals surface area contributed by atoms with Crippen molar-refractivity contribution >= 4 is 29.2 Å². The van der Waals surface area contributed by atoms with Crippen LogP contribution in [0.1, 0.15) is 31.7 Å². The summed E-state index contributed by atoms with van der Waals surface area (Å²) >= 11 is 5.25. The minimum atomic E-state index is 0.499. The van der Waals surface area contributed by atoms with Gasteiger partial charge in [-0.05, 0) is 42.9 Å². The first-order chi connectivity index (χ1) is 11.8. The summed E-state index contributed by atoms with van der Waals surface area (Å²) in [6.07, 6.45) is 5.29. The Bertz CT molecular complexity index is 659. The Morgan fingerprint density at radius 1 is 1.08 bits per heavy atom. The van der Waals surface area contributed by atoms with Crippen molar-refractivity contribution in [2.45, 2.75) is 26.2 Å². The zero-order valence-electron chi connectivity index (χ0n) is 13.9. The molecular weight excluding hydrogens is 318 g/mol. The Hall–Kier alpha value is -2.40. The van der Waals surface area contributed by atoms with Gasteiger partial charge in [0.2, 0.25) is 11.3 Å². The number of benzene rings is 2. The first-order valence-electron chi connectivity index (χ1n) is 8.22. The molecule has 0 unspecified atom stereocenters. The number of rotatable bonds is 8. The average molecular weight is 342 g/mol. The Morgan fingerprint density at radius 3 is 2.62 bits per heavy atom. The molecule has 2 aromatic carbocycles. The molecule has 0 saturated carbocycles. The zero-order chi connectivity index (χ0) is 17.0. The molecule has 0 bridgehead atoms. The third-order valence-corrected chi connectivity index (χ3v) is 3.57. The molecule has 2 rings (SSSR count). The fraction of sp³-hybridized carbons (Fsp3) is 0.263. The van der Waals surface area contributed by atoms with Crippen molar-refractivity contribution in [3.8, 4) is 5.75 Å². The van der Waals surface area contributed by atoms with E-state index in [0.717, 1.165) is 30.0 Å². The second-order valence-corrected chi connectivity index (χ2v) is 5.74. The van der Waals surface area contributed by atoms with Crippen molar-refractivity contribution in [2.24, 2.45) is 0 Å². The number of anilines is 1. The van der Waals surface area contributed by atoms with Crippen LogP contribution in [0.5, 0.6) is 5.75 Å². The van der Waals surface area contributed by atoms with E-state index < -0.39 is 0 Å². The van der Waals surface area contributed by atoms with Crippen LogP contribution in [0, 0.1) is 0 Å². The van der Waals surface area contributed by atoms with Gasteiger partial charge in [0.15, 0.2) is 0 Å².